The lowest BCUT2D eigenvalue weighted by atomic mass is 9.87. The molecule has 0 fully saturated rings. The maximum Gasteiger partial charge on any atom is 0.342 e. The van der Waals surface area contributed by atoms with Crippen molar-refractivity contribution in [2.24, 2.45) is 0 Å². The molecule has 7 nitrogen and oxygen atoms in total. The molecule has 3 aromatic rings. The van der Waals surface area contributed by atoms with E-state index in [0.29, 0.717) is 45.9 Å². The van der Waals surface area contributed by atoms with Crippen molar-refractivity contribution in [2.75, 3.05) is 28.0 Å². The van der Waals surface area contributed by atoms with E-state index in [1.54, 1.807) is 49.6 Å². The molecule has 5 rings (SSSR count). The Morgan fingerprint density at radius 2 is 1.71 bits per heavy atom. The lowest BCUT2D eigenvalue weighted by Crippen LogP contribution is -2.29. The Kier molecular flexibility index (Phi) is 5.96. The molecule has 0 aliphatic carbocycles. The van der Waals surface area contributed by atoms with Gasteiger partial charge in [0.2, 0.25) is 6.79 Å². The van der Waals surface area contributed by atoms with Crippen molar-refractivity contribution in [3.8, 4) is 17.2 Å². The summed E-state index contributed by atoms with van der Waals surface area (Å²) in [5.41, 5.74) is 3.93. The fourth-order valence-corrected chi connectivity index (χ4v) is 4.55. The van der Waals surface area contributed by atoms with Crippen LogP contribution < -0.4 is 14.2 Å². The van der Waals surface area contributed by atoms with E-state index in [1.165, 1.54) is 0 Å². The molecular weight excluding hydrogens is 446 g/mol. The van der Waals surface area contributed by atoms with Gasteiger partial charge in [-0.2, -0.15) is 0 Å². The second-order valence-electron chi connectivity index (χ2n) is 8.92. The molecule has 0 bridgehead atoms. The van der Waals surface area contributed by atoms with E-state index in [4.69, 9.17) is 18.9 Å². The average Bonchev–Trinajstić information content (AvgIpc) is 3.41. The zero-order valence-electron chi connectivity index (χ0n) is 19.9. The second-order valence-corrected chi connectivity index (χ2v) is 8.92. The first-order valence-electron chi connectivity index (χ1n) is 11.3. The second kappa shape index (κ2) is 9.09. The molecule has 0 radical (unpaired) electrons. The molecule has 2 aliphatic rings. The van der Waals surface area contributed by atoms with Crippen molar-refractivity contribution >= 4 is 11.5 Å². The monoisotopic (exact) mass is 473 g/mol. The highest BCUT2D eigenvalue weighted by molar-refractivity contribution is 6.20. The highest BCUT2D eigenvalue weighted by Gasteiger charge is 2.48. The minimum atomic E-state index is -1.92. The molecule has 0 saturated carbocycles. The molecule has 0 saturated heterocycles. The topological polar surface area (TPSA) is 77.5 Å². The van der Waals surface area contributed by atoms with E-state index in [2.05, 4.69) is 17.0 Å². The largest absolute Gasteiger partial charge is 0.497 e. The van der Waals surface area contributed by atoms with Crippen LogP contribution in [0.25, 0.3) is 5.57 Å². The third kappa shape index (κ3) is 4.36. The first kappa shape index (κ1) is 23.0. The van der Waals surface area contributed by atoms with Crippen molar-refractivity contribution in [2.45, 2.75) is 18.8 Å². The van der Waals surface area contributed by atoms with E-state index in [-0.39, 0.29) is 6.79 Å². The highest BCUT2D eigenvalue weighted by Crippen LogP contribution is 2.46. The molecule has 35 heavy (non-hydrogen) atoms. The number of carbonyl (C=O) groups is 1. The predicted octanol–water partition coefficient (Wildman–Crippen LogP) is 3.88. The van der Waals surface area contributed by atoms with Crippen LogP contribution in [0.4, 0.5) is 0 Å². The summed E-state index contributed by atoms with van der Waals surface area (Å²) in [7, 11) is 5.60. The van der Waals surface area contributed by atoms with E-state index >= 15 is 0 Å². The molecule has 7 heteroatoms. The molecule has 0 amide bonds. The number of hydrogen-bond donors (Lipinski definition) is 1. The van der Waals surface area contributed by atoms with Crippen LogP contribution in [0.2, 0.25) is 0 Å². The van der Waals surface area contributed by atoms with Crippen molar-refractivity contribution in [1.82, 2.24) is 4.90 Å². The van der Waals surface area contributed by atoms with Gasteiger partial charge in [-0.1, -0.05) is 30.3 Å². The Morgan fingerprint density at radius 3 is 2.46 bits per heavy atom. The van der Waals surface area contributed by atoms with Crippen molar-refractivity contribution in [3.05, 3.63) is 94.6 Å². The van der Waals surface area contributed by atoms with Crippen LogP contribution in [0, 0.1) is 0 Å². The summed E-state index contributed by atoms with van der Waals surface area (Å²) in [4.78, 5) is 15.3. The number of ether oxygens (including phenoxy) is 4. The van der Waals surface area contributed by atoms with Gasteiger partial charge >= 0.3 is 5.97 Å². The van der Waals surface area contributed by atoms with Crippen LogP contribution >= 0.6 is 0 Å². The van der Waals surface area contributed by atoms with Crippen molar-refractivity contribution < 1.29 is 28.8 Å². The minimum Gasteiger partial charge on any atom is -0.497 e. The number of nitrogens with zero attached hydrogens (tertiary/aromatic N) is 1. The smallest absolute Gasteiger partial charge is 0.342 e. The molecule has 1 atom stereocenters. The number of carbonyl (C=O) groups excluding carboxylic acids is 1. The number of esters is 1. The van der Waals surface area contributed by atoms with Gasteiger partial charge in [-0.3, -0.25) is 0 Å². The Balaban J connectivity index is 1.63. The lowest BCUT2D eigenvalue weighted by Gasteiger charge is -2.26. The first-order chi connectivity index (χ1) is 16.9. The third-order valence-electron chi connectivity index (χ3n) is 6.17. The summed E-state index contributed by atoms with van der Waals surface area (Å²) in [6.45, 7) is 0.906. The number of methoxy groups -OCH3 is 1. The number of cyclic esters (lactones) is 1. The molecule has 2 aliphatic heterocycles. The molecule has 0 spiro atoms. The Bertz CT molecular complexity index is 1300. The van der Waals surface area contributed by atoms with Gasteiger partial charge in [0, 0.05) is 24.1 Å². The maximum atomic E-state index is 13.3. The summed E-state index contributed by atoms with van der Waals surface area (Å²) in [6.07, 6.45) is 0.319. The molecular formula is C28H27NO6. The molecule has 3 aromatic carbocycles. The van der Waals surface area contributed by atoms with E-state index in [9.17, 15) is 9.90 Å². The fourth-order valence-electron chi connectivity index (χ4n) is 4.55. The zero-order chi connectivity index (χ0) is 24.6. The van der Waals surface area contributed by atoms with Gasteiger partial charge in [-0.25, -0.2) is 4.79 Å². The standard InChI is InChI=1S/C28H27NO6/c1-29(2)16-19-6-4-5-18(13-19)14-23-26(20-7-12-24-25(15-20)34-17-33-24)27(30)35-28(23,31)21-8-10-22(32-3)11-9-21/h4-13,15,31H,14,16-17H2,1-3H3. The SMILES string of the molecule is COc1ccc(C2(O)OC(=O)C(c3ccc4c(c3)OCO4)=C2Cc2cccc(CN(C)C)c2)cc1. The molecule has 0 aromatic heterocycles. The molecule has 2 heterocycles. The van der Waals surface area contributed by atoms with Crippen molar-refractivity contribution in [1.29, 1.82) is 0 Å². The first-order valence-corrected chi connectivity index (χ1v) is 11.3. The lowest BCUT2D eigenvalue weighted by molar-refractivity contribution is -0.185. The van der Waals surface area contributed by atoms with Gasteiger partial charge in [0.05, 0.1) is 12.7 Å². The number of rotatable bonds is 7. The van der Waals surface area contributed by atoms with Gasteiger partial charge in [0.1, 0.15) is 5.75 Å². The fraction of sp³-hybridized carbons (Fsp3) is 0.250. The Labute approximate surface area is 204 Å². The summed E-state index contributed by atoms with van der Waals surface area (Å²) in [5.74, 6) is -0.715. The zero-order valence-corrected chi connectivity index (χ0v) is 19.9. The number of aliphatic hydroxyl groups is 1. The van der Waals surface area contributed by atoms with E-state index in [1.807, 2.05) is 26.2 Å². The highest BCUT2D eigenvalue weighted by atomic mass is 16.7. The third-order valence-corrected chi connectivity index (χ3v) is 6.17. The molecule has 1 unspecified atom stereocenters. The van der Waals surface area contributed by atoms with Crippen LogP contribution in [0.3, 0.4) is 0 Å². The average molecular weight is 474 g/mol. The number of benzene rings is 3. The van der Waals surface area contributed by atoms with Gasteiger partial charge < -0.3 is 29.0 Å². The quantitative estimate of drug-likeness (QED) is 0.522. The van der Waals surface area contributed by atoms with Crippen LogP contribution in [0.5, 0.6) is 17.2 Å². The van der Waals surface area contributed by atoms with Crippen LogP contribution in [-0.4, -0.2) is 44.0 Å². The number of fused-ring (bicyclic) bond motifs is 1. The summed E-state index contributed by atoms with van der Waals surface area (Å²) >= 11 is 0. The Hall–Kier alpha value is -3.81. The van der Waals surface area contributed by atoms with Crippen molar-refractivity contribution in [3.63, 3.8) is 0 Å². The summed E-state index contributed by atoms with van der Waals surface area (Å²) in [5, 5.41) is 11.9. The van der Waals surface area contributed by atoms with Crippen LogP contribution in [0.1, 0.15) is 22.3 Å². The minimum absolute atomic E-state index is 0.129. The van der Waals surface area contributed by atoms with Gasteiger partial charge in [-0.15, -0.1) is 0 Å². The summed E-state index contributed by atoms with van der Waals surface area (Å²) < 4.78 is 21.9. The Morgan fingerprint density at radius 1 is 0.971 bits per heavy atom. The predicted molar refractivity (Wildman–Crippen MR) is 130 cm³/mol. The maximum absolute atomic E-state index is 13.3. The molecule has 1 N–H and O–H groups in total. The van der Waals surface area contributed by atoms with E-state index in [0.717, 1.165) is 17.7 Å². The van der Waals surface area contributed by atoms with Gasteiger partial charge in [0.15, 0.2) is 11.5 Å². The summed E-state index contributed by atoms with van der Waals surface area (Å²) in [6, 6.07) is 20.3. The normalized spacial score (nSPS) is 18.8. The van der Waals surface area contributed by atoms with Crippen LogP contribution in [-0.2, 0) is 28.3 Å². The van der Waals surface area contributed by atoms with Crippen LogP contribution in [0.15, 0.2) is 72.3 Å². The number of hydrogen-bond acceptors (Lipinski definition) is 7. The van der Waals surface area contributed by atoms with Gasteiger partial charge in [-0.05, 0) is 67.2 Å². The van der Waals surface area contributed by atoms with Gasteiger partial charge in [0.25, 0.3) is 5.79 Å². The van der Waals surface area contributed by atoms with E-state index < -0.39 is 11.8 Å². The molecule has 180 valence electrons.